The van der Waals surface area contributed by atoms with Crippen molar-refractivity contribution in [2.75, 3.05) is 25.1 Å². The fourth-order valence-corrected chi connectivity index (χ4v) is 0.858. The number of carboxylic acids is 1. The van der Waals surface area contributed by atoms with Gasteiger partial charge in [0.25, 0.3) is 0 Å². The van der Waals surface area contributed by atoms with Crippen molar-refractivity contribution in [2.45, 2.75) is 12.5 Å². The molecule has 0 rings (SSSR count). The summed E-state index contributed by atoms with van der Waals surface area (Å²) in [6.07, 6.45) is 2.48. The van der Waals surface area contributed by atoms with E-state index in [1.165, 1.54) is 0 Å². The molecule has 5 nitrogen and oxygen atoms in total. The minimum Gasteiger partial charge on any atom is -0.480 e. The summed E-state index contributed by atoms with van der Waals surface area (Å²) in [7, 11) is 0. The van der Waals surface area contributed by atoms with Crippen LogP contribution in [-0.2, 0) is 4.79 Å². The number of hydrogen-bond acceptors (Lipinski definition) is 5. The molecule has 0 aliphatic carbocycles. The van der Waals surface area contributed by atoms with Crippen molar-refractivity contribution in [3.8, 4) is 0 Å². The van der Waals surface area contributed by atoms with E-state index in [2.05, 4.69) is 0 Å². The molecule has 1 atom stereocenters. The summed E-state index contributed by atoms with van der Waals surface area (Å²) in [5.41, 5.74) is 15.0. The Bertz CT molecular complexity index is 122. The zero-order chi connectivity index (χ0) is 10.7. The van der Waals surface area contributed by atoms with Gasteiger partial charge in [-0.15, -0.1) is 0 Å². The van der Waals surface area contributed by atoms with E-state index in [0.29, 0.717) is 19.5 Å². The highest BCUT2D eigenvalue weighted by Crippen LogP contribution is 1.97. The highest BCUT2D eigenvalue weighted by molar-refractivity contribution is 7.98. The smallest absolute Gasteiger partial charge is 0.320 e. The Balaban J connectivity index is 0. The molecule has 0 fully saturated rings. The third-order valence-electron chi connectivity index (χ3n) is 1.12. The predicted octanol–water partition coefficient (Wildman–Crippen LogP) is -0.945. The largest absolute Gasteiger partial charge is 0.480 e. The summed E-state index contributed by atoms with van der Waals surface area (Å²) < 4.78 is 0. The van der Waals surface area contributed by atoms with Crippen molar-refractivity contribution >= 4 is 17.7 Å². The van der Waals surface area contributed by atoms with Gasteiger partial charge >= 0.3 is 5.97 Å². The Kier molecular flexibility index (Phi) is 13.7. The molecule has 80 valence electrons. The lowest BCUT2D eigenvalue weighted by molar-refractivity contribution is -0.138. The molecule has 0 amide bonds. The molecular formula is C7H19N3O2S. The topological polar surface area (TPSA) is 115 Å². The molecule has 0 saturated heterocycles. The SMILES string of the molecule is CSCCC(N)C(=O)O.NCCN. The lowest BCUT2D eigenvalue weighted by atomic mass is 10.2. The highest BCUT2D eigenvalue weighted by Gasteiger charge is 2.08. The van der Waals surface area contributed by atoms with Crippen LogP contribution in [0.2, 0.25) is 0 Å². The third kappa shape index (κ3) is 14.5. The van der Waals surface area contributed by atoms with E-state index < -0.39 is 12.0 Å². The van der Waals surface area contributed by atoms with Crippen molar-refractivity contribution in [3.05, 3.63) is 0 Å². The molecule has 6 heteroatoms. The number of rotatable bonds is 5. The van der Waals surface area contributed by atoms with Gasteiger partial charge in [-0.3, -0.25) is 4.79 Å². The fourth-order valence-electron chi connectivity index (χ4n) is 0.368. The maximum absolute atomic E-state index is 10.1. The average Bonchev–Trinajstić information content (AvgIpc) is 2.14. The minimum atomic E-state index is -0.913. The van der Waals surface area contributed by atoms with Gasteiger partial charge in [0.2, 0.25) is 0 Å². The van der Waals surface area contributed by atoms with Gasteiger partial charge in [-0.25, -0.2) is 0 Å². The van der Waals surface area contributed by atoms with Crippen LogP contribution in [0.15, 0.2) is 0 Å². The Morgan fingerprint density at radius 3 is 2.15 bits per heavy atom. The van der Waals surface area contributed by atoms with E-state index in [1.54, 1.807) is 11.8 Å². The molecule has 0 aromatic carbocycles. The van der Waals surface area contributed by atoms with Gasteiger partial charge in [-0.1, -0.05) is 0 Å². The Labute approximate surface area is 83.0 Å². The minimum absolute atomic E-state index is 0.552. The number of hydrogen-bond donors (Lipinski definition) is 4. The number of nitrogens with two attached hydrogens (primary N) is 3. The van der Waals surface area contributed by atoms with E-state index in [4.69, 9.17) is 22.3 Å². The second-order valence-corrected chi connectivity index (χ2v) is 3.29. The van der Waals surface area contributed by atoms with Gasteiger partial charge in [0, 0.05) is 13.1 Å². The highest BCUT2D eigenvalue weighted by atomic mass is 32.2. The van der Waals surface area contributed by atoms with Gasteiger partial charge < -0.3 is 22.3 Å². The summed E-state index contributed by atoms with van der Waals surface area (Å²) in [6, 6.07) is -0.683. The van der Waals surface area contributed by atoms with E-state index >= 15 is 0 Å². The first-order valence-electron chi connectivity index (χ1n) is 3.97. The van der Waals surface area contributed by atoms with Crippen LogP contribution in [0.3, 0.4) is 0 Å². The van der Waals surface area contributed by atoms with Gasteiger partial charge in [-0.05, 0) is 18.4 Å². The van der Waals surface area contributed by atoms with Crippen molar-refractivity contribution in [3.63, 3.8) is 0 Å². The van der Waals surface area contributed by atoms with Crippen molar-refractivity contribution in [1.82, 2.24) is 0 Å². The zero-order valence-corrected chi connectivity index (χ0v) is 8.72. The average molecular weight is 209 g/mol. The molecule has 13 heavy (non-hydrogen) atoms. The van der Waals surface area contributed by atoms with E-state index in [9.17, 15) is 4.79 Å². The summed E-state index contributed by atoms with van der Waals surface area (Å²) >= 11 is 1.60. The van der Waals surface area contributed by atoms with Crippen molar-refractivity contribution in [2.24, 2.45) is 17.2 Å². The van der Waals surface area contributed by atoms with Crippen LogP contribution in [-0.4, -0.2) is 42.2 Å². The van der Waals surface area contributed by atoms with Crippen LogP contribution in [0.4, 0.5) is 0 Å². The summed E-state index contributed by atoms with van der Waals surface area (Å²) in [5.74, 6) is -0.1000. The maximum atomic E-state index is 10.1. The van der Waals surface area contributed by atoms with Crippen LogP contribution < -0.4 is 17.2 Å². The molecular weight excluding hydrogens is 190 g/mol. The van der Waals surface area contributed by atoms with Crippen LogP contribution in [0.25, 0.3) is 0 Å². The lowest BCUT2D eigenvalue weighted by Gasteiger charge is -2.02. The van der Waals surface area contributed by atoms with E-state index in [1.807, 2.05) is 6.26 Å². The fraction of sp³-hybridized carbons (Fsp3) is 0.857. The molecule has 0 spiro atoms. The van der Waals surface area contributed by atoms with Crippen LogP contribution in [0, 0.1) is 0 Å². The number of carbonyl (C=O) groups is 1. The normalized spacial score (nSPS) is 11.4. The van der Waals surface area contributed by atoms with E-state index in [0.717, 1.165) is 5.75 Å². The van der Waals surface area contributed by atoms with Crippen LogP contribution in [0.5, 0.6) is 0 Å². The molecule has 0 heterocycles. The predicted molar refractivity (Wildman–Crippen MR) is 56.7 cm³/mol. The van der Waals surface area contributed by atoms with Gasteiger partial charge in [-0.2, -0.15) is 11.8 Å². The summed E-state index contributed by atoms with van der Waals surface area (Å²) in [5, 5.41) is 8.27. The van der Waals surface area contributed by atoms with Gasteiger partial charge in [0.1, 0.15) is 6.04 Å². The summed E-state index contributed by atoms with van der Waals surface area (Å²) in [6.45, 7) is 1.19. The number of carboxylic acid groups (broad SMARTS) is 1. The van der Waals surface area contributed by atoms with Crippen molar-refractivity contribution in [1.29, 1.82) is 0 Å². The Morgan fingerprint density at radius 2 is 1.92 bits per heavy atom. The van der Waals surface area contributed by atoms with Crippen molar-refractivity contribution < 1.29 is 9.90 Å². The van der Waals surface area contributed by atoms with Crippen LogP contribution >= 0.6 is 11.8 Å². The van der Waals surface area contributed by atoms with Crippen LogP contribution in [0.1, 0.15) is 6.42 Å². The second kappa shape index (κ2) is 11.7. The molecule has 1 unspecified atom stereocenters. The molecule has 0 bridgehead atoms. The second-order valence-electron chi connectivity index (χ2n) is 2.30. The molecule has 0 saturated carbocycles. The first-order valence-corrected chi connectivity index (χ1v) is 5.37. The number of aliphatic carboxylic acids is 1. The maximum Gasteiger partial charge on any atom is 0.320 e. The number of thioether (sulfide) groups is 1. The molecule has 0 aliphatic heterocycles. The standard InChI is InChI=1S/C5H11NO2S.C2H8N2/c1-9-3-2-4(6)5(7)8;3-1-2-4/h4H,2-3,6H2,1H3,(H,7,8);1-4H2. The summed E-state index contributed by atoms with van der Waals surface area (Å²) in [4.78, 5) is 10.1. The lowest BCUT2D eigenvalue weighted by Crippen LogP contribution is -2.30. The van der Waals surface area contributed by atoms with Gasteiger partial charge in [0.05, 0.1) is 0 Å². The Morgan fingerprint density at radius 1 is 1.46 bits per heavy atom. The van der Waals surface area contributed by atoms with E-state index in [-0.39, 0.29) is 0 Å². The molecule has 0 aromatic rings. The molecule has 0 aliphatic rings. The monoisotopic (exact) mass is 209 g/mol. The van der Waals surface area contributed by atoms with Gasteiger partial charge in [0.15, 0.2) is 0 Å². The Hall–Kier alpha value is -0.300. The first-order chi connectivity index (χ1) is 6.09. The quantitative estimate of drug-likeness (QED) is 0.464. The molecule has 7 N–H and O–H groups in total. The zero-order valence-electron chi connectivity index (χ0n) is 7.90. The third-order valence-corrected chi connectivity index (χ3v) is 1.76. The molecule has 0 radical (unpaired) electrons. The first kappa shape index (κ1) is 15.2. The molecule has 0 aromatic heterocycles.